The quantitative estimate of drug-likeness (QED) is 0.585. The van der Waals surface area contributed by atoms with Crippen molar-refractivity contribution in [2.45, 2.75) is 12.5 Å². The van der Waals surface area contributed by atoms with Crippen LogP contribution >= 0.6 is 0 Å². The number of anilines is 1. The molecule has 5 heteroatoms. The Hall–Kier alpha value is -1.62. The van der Waals surface area contributed by atoms with Gasteiger partial charge in [0.15, 0.2) is 0 Å². The highest BCUT2D eigenvalue weighted by atomic mass is 16.6. The van der Waals surface area contributed by atoms with E-state index in [2.05, 4.69) is 0 Å². The molecule has 1 heterocycles. The molecule has 80 valence electrons. The maximum atomic E-state index is 10.8. The number of β-amino-alcohol motifs (C(OH)–C–C–N with tert-alkyl or cyclic N) is 1. The summed E-state index contributed by atoms with van der Waals surface area (Å²) in [6, 6.07) is 6.62. The Kier molecular flexibility index (Phi) is 2.55. The first kappa shape index (κ1) is 9.92. The Morgan fingerprint density at radius 3 is 2.80 bits per heavy atom. The first-order valence-corrected chi connectivity index (χ1v) is 4.85. The molecule has 1 atom stereocenters. The van der Waals surface area contributed by atoms with Gasteiger partial charge in [-0.05, 0) is 12.5 Å². The van der Waals surface area contributed by atoms with Crippen LogP contribution in [0.5, 0.6) is 0 Å². The van der Waals surface area contributed by atoms with Crippen molar-refractivity contribution < 1.29 is 10.0 Å². The van der Waals surface area contributed by atoms with Gasteiger partial charge in [-0.15, -0.1) is 0 Å². The first-order chi connectivity index (χ1) is 7.18. The van der Waals surface area contributed by atoms with Crippen molar-refractivity contribution in [3.8, 4) is 0 Å². The Bertz CT molecular complexity index is 381. The van der Waals surface area contributed by atoms with Gasteiger partial charge in [-0.3, -0.25) is 10.1 Å². The summed E-state index contributed by atoms with van der Waals surface area (Å²) in [5.41, 5.74) is 0.700. The molecule has 0 aromatic heterocycles. The third-order valence-corrected chi connectivity index (χ3v) is 2.58. The standard InChI is InChI=1S/C10H12N2O3/c13-8-5-6-11(7-8)9-3-1-2-4-10(9)12(14)15/h1-4,8,13H,5-7H2. The van der Waals surface area contributed by atoms with Gasteiger partial charge in [0.25, 0.3) is 5.69 Å². The molecule has 1 unspecified atom stereocenters. The summed E-state index contributed by atoms with van der Waals surface area (Å²) in [6.07, 6.45) is 0.302. The molecule has 0 aliphatic carbocycles. The zero-order valence-electron chi connectivity index (χ0n) is 8.17. The molecule has 0 saturated carbocycles. The summed E-state index contributed by atoms with van der Waals surface area (Å²) in [4.78, 5) is 12.2. The first-order valence-electron chi connectivity index (χ1n) is 4.85. The van der Waals surface area contributed by atoms with Crippen molar-refractivity contribution in [1.82, 2.24) is 0 Å². The zero-order chi connectivity index (χ0) is 10.8. The maximum absolute atomic E-state index is 10.8. The molecule has 1 fully saturated rings. The number of hydrogen-bond donors (Lipinski definition) is 1. The van der Waals surface area contributed by atoms with Crippen molar-refractivity contribution >= 4 is 11.4 Å². The number of nitro groups is 1. The van der Waals surface area contributed by atoms with E-state index >= 15 is 0 Å². The van der Waals surface area contributed by atoms with Gasteiger partial charge in [0.2, 0.25) is 0 Å². The van der Waals surface area contributed by atoms with E-state index in [0.29, 0.717) is 25.2 Å². The largest absolute Gasteiger partial charge is 0.391 e. The molecule has 15 heavy (non-hydrogen) atoms. The molecule has 1 aliphatic rings. The van der Waals surface area contributed by atoms with Gasteiger partial charge in [0.05, 0.1) is 11.0 Å². The van der Waals surface area contributed by atoms with Crippen LogP contribution < -0.4 is 4.90 Å². The molecule has 1 aromatic carbocycles. The Balaban J connectivity index is 2.31. The lowest BCUT2D eigenvalue weighted by molar-refractivity contribution is -0.384. The Morgan fingerprint density at radius 1 is 1.47 bits per heavy atom. The van der Waals surface area contributed by atoms with E-state index in [1.165, 1.54) is 6.07 Å². The minimum absolute atomic E-state index is 0.103. The lowest BCUT2D eigenvalue weighted by Gasteiger charge is -2.17. The molecule has 0 spiro atoms. The predicted molar refractivity (Wildman–Crippen MR) is 55.9 cm³/mol. The van der Waals surface area contributed by atoms with Gasteiger partial charge in [0.1, 0.15) is 5.69 Å². The monoisotopic (exact) mass is 208 g/mol. The van der Waals surface area contributed by atoms with E-state index in [0.717, 1.165) is 0 Å². The number of aliphatic hydroxyl groups is 1. The van der Waals surface area contributed by atoms with Gasteiger partial charge in [-0.1, -0.05) is 12.1 Å². The second kappa shape index (κ2) is 3.86. The van der Waals surface area contributed by atoms with Crippen molar-refractivity contribution in [3.63, 3.8) is 0 Å². The number of nitro benzene ring substituents is 1. The van der Waals surface area contributed by atoms with Crippen molar-refractivity contribution in [1.29, 1.82) is 0 Å². The molecule has 1 aliphatic heterocycles. The number of para-hydroxylation sites is 2. The predicted octanol–water partition coefficient (Wildman–Crippen LogP) is 1.17. The highest BCUT2D eigenvalue weighted by Gasteiger charge is 2.25. The fraction of sp³-hybridized carbons (Fsp3) is 0.400. The average Bonchev–Trinajstić information content (AvgIpc) is 2.65. The van der Waals surface area contributed by atoms with Gasteiger partial charge >= 0.3 is 0 Å². The second-order valence-electron chi connectivity index (χ2n) is 3.63. The summed E-state index contributed by atoms with van der Waals surface area (Å²) in [7, 11) is 0. The van der Waals surface area contributed by atoms with Crippen LogP contribution in [0.25, 0.3) is 0 Å². The van der Waals surface area contributed by atoms with Crippen molar-refractivity contribution in [3.05, 3.63) is 34.4 Å². The van der Waals surface area contributed by atoms with Crippen molar-refractivity contribution in [2.75, 3.05) is 18.0 Å². The van der Waals surface area contributed by atoms with Crippen LogP contribution in [0.2, 0.25) is 0 Å². The average molecular weight is 208 g/mol. The molecule has 1 saturated heterocycles. The lowest BCUT2D eigenvalue weighted by atomic mass is 10.2. The van der Waals surface area contributed by atoms with E-state index in [1.807, 2.05) is 4.90 Å². The zero-order valence-corrected chi connectivity index (χ0v) is 8.17. The molecular weight excluding hydrogens is 196 g/mol. The summed E-state index contributed by atoms with van der Waals surface area (Å²) < 4.78 is 0. The number of rotatable bonds is 2. The molecule has 1 N–H and O–H groups in total. The third-order valence-electron chi connectivity index (χ3n) is 2.58. The van der Waals surface area contributed by atoms with Gasteiger partial charge in [-0.2, -0.15) is 0 Å². The summed E-state index contributed by atoms with van der Waals surface area (Å²) in [5.74, 6) is 0. The van der Waals surface area contributed by atoms with Crippen LogP contribution in [0, 0.1) is 10.1 Å². The SMILES string of the molecule is O=[N+]([O-])c1ccccc1N1CCC(O)C1. The van der Waals surface area contributed by atoms with E-state index < -0.39 is 0 Å². The van der Waals surface area contributed by atoms with Crippen LogP contribution in [0.4, 0.5) is 11.4 Å². The smallest absolute Gasteiger partial charge is 0.292 e. The van der Waals surface area contributed by atoms with Crippen LogP contribution in [-0.2, 0) is 0 Å². The summed E-state index contributed by atoms with van der Waals surface area (Å²) in [5, 5.41) is 20.2. The van der Waals surface area contributed by atoms with E-state index in [9.17, 15) is 15.2 Å². The maximum Gasteiger partial charge on any atom is 0.292 e. The third kappa shape index (κ3) is 1.92. The summed E-state index contributed by atoms with van der Waals surface area (Å²) >= 11 is 0. The normalized spacial score (nSPS) is 20.6. The summed E-state index contributed by atoms with van der Waals surface area (Å²) in [6.45, 7) is 1.15. The van der Waals surface area contributed by atoms with Gasteiger partial charge < -0.3 is 10.0 Å². The van der Waals surface area contributed by atoms with E-state index in [1.54, 1.807) is 18.2 Å². The fourth-order valence-corrected chi connectivity index (χ4v) is 1.85. The number of benzene rings is 1. The van der Waals surface area contributed by atoms with Crippen LogP contribution in [0.15, 0.2) is 24.3 Å². The molecule has 1 aromatic rings. The second-order valence-corrected chi connectivity index (χ2v) is 3.63. The highest BCUT2D eigenvalue weighted by Crippen LogP contribution is 2.29. The number of aliphatic hydroxyl groups excluding tert-OH is 1. The molecule has 0 amide bonds. The van der Waals surface area contributed by atoms with E-state index in [-0.39, 0.29) is 16.7 Å². The van der Waals surface area contributed by atoms with Crippen LogP contribution in [0.1, 0.15) is 6.42 Å². The van der Waals surface area contributed by atoms with Crippen molar-refractivity contribution in [2.24, 2.45) is 0 Å². The molecule has 2 rings (SSSR count). The van der Waals surface area contributed by atoms with Crippen LogP contribution in [0.3, 0.4) is 0 Å². The molecule has 0 radical (unpaired) electrons. The molecular formula is C10H12N2O3. The molecule has 5 nitrogen and oxygen atoms in total. The minimum atomic E-state index is -0.389. The minimum Gasteiger partial charge on any atom is -0.391 e. The van der Waals surface area contributed by atoms with Gasteiger partial charge in [0, 0.05) is 19.2 Å². The number of hydrogen-bond acceptors (Lipinski definition) is 4. The highest BCUT2D eigenvalue weighted by molar-refractivity contribution is 5.63. The topological polar surface area (TPSA) is 66.6 Å². The van der Waals surface area contributed by atoms with E-state index in [4.69, 9.17) is 0 Å². The number of nitrogens with zero attached hydrogens (tertiary/aromatic N) is 2. The molecule has 0 bridgehead atoms. The van der Waals surface area contributed by atoms with Crippen LogP contribution in [-0.4, -0.2) is 29.2 Å². The van der Waals surface area contributed by atoms with Gasteiger partial charge in [-0.25, -0.2) is 0 Å². The Labute approximate surface area is 87.1 Å². The lowest BCUT2D eigenvalue weighted by Crippen LogP contribution is -2.21. The fourth-order valence-electron chi connectivity index (χ4n) is 1.85. The Morgan fingerprint density at radius 2 is 2.20 bits per heavy atom.